The molecule has 4 rings (SSSR count). The van der Waals surface area contributed by atoms with Gasteiger partial charge in [0, 0.05) is 5.69 Å². The molecule has 1 aliphatic heterocycles. The Morgan fingerprint density at radius 1 is 0.900 bits per heavy atom. The lowest BCUT2D eigenvalue weighted by molar-refractivity contribution is -0.114. The summed E-state index contributed by atoms with van der Waals surface area (Å²) in [4.78, 5) is 26.1. The summed E-state index contributed by atoms with van der Waals surface area (Å²) in [6.45, 7) is 9.62. The van der Waals surface area contributed by atoms with Crippen molar-refractivity contribution in [3.05, 3.63) is 86.3 Å². The Hall–Kier alpha value is -3.67. The minimum Gasteiger partial charge on any atom is -0.295 e. The number of aryl methyl sites for hydroxylation is 4. The summed E-state index contributed by atoms with van der Waals surface area (Å²) in [6.07, 6.45) is 1.64. The Balaban J connectivity index is 1.74. The molecule has 0 bridgehead atoms. The van der Waals surface area contributed by atoms with Gasteiger partial charge < -0.3 is 0 Å². The lowest BCUT2D eigenvalue weighted by Crippen LogP contribution is -2.22. The fourth-order valence-electron chi connectivity index (χ4n) is 3.54. The molecule has 1 aromatic heterocycles. The number of hydrogen-bond acceptors (Lipinski definition) is 3. The molecule has 2 aromatic carbocycles. The van der Waals surface area contributed by atoms with Crippen LogP contribution in [0.3, 0.4) is 0 Å². The van der Waals surface area contributed by atoms with Crippen LogP contribution in [0.2, 0.25) is 0 Å². The monoisotopic (exact) mass is 400 g/mol. The fourth-order valence-corrected chi connectivity index (χ4v) is 3.54. The lowest BCUT2D eigenvalue weighted by Gasteiger charge is -2.12. The number of H-pyrrole nitrogens is 1. The lowest BCUT2D eigenvalue weighted by atomic mass is 10.1. The number of nitrogens with one attached hydrogen (secondary N) is 1. The van der Waals surface area contributed by atoms with Gasteiger partial charge in [0.2, 0.25) is 0 Å². The third-order valence-corrected chi connectivity index (χ3v) is 5.46. The molecule has 1 aliphatic rings. The normalized spacial score (nSPS) is 15.2. The van der Waals surface area contributed by atoms with Crippen LogP contribution in [0.25, 0.3) is 11.8 Å². The van der Waals surface area contributed by atoms with Gasteiger partial charge in [0.05, 0.1) is 28.2 Å². The summed E-state index contributed by atoms with van der Waals surface area (Å²) in [5.74, 6) is -0.240. The molecular formula is C24H24N4O2. The molecule has 0 atom stereocenters. The third kappa shape index (κ3) is 3.30. The van der Waals surface area contributed by atoms with E-state index in [2.05, 4.69) is 10.2 Å². The number of aromatic amines is 1. The van der Waals surface area contributed by atoms with Gasteiger partial charge >= 0.3 is 0 Å². The van der Waals surface area contributed by atoms with Crippen LogP contribution in [0.5, 0.6) is 0 Å². The fraction of sp³-hybridized carbons (Fsp3) is 0.208. The number of hydrogen-bond donors (Lipinski definition) is 1. The molecule has 0 radical (unpaired) electrons. The van der Waals surface area contributed by atoms with E-state index in [-0.39, 0.29) is 11.5 Å². The first-order chi connectivity index (χ1) is 14.3. The molecule has 3 aromatic rings. The molecule has 0 fully saturated rings. The second-order valence-electron chi connectivity index (χ2n) is 7.76. The summed E-state index contributed by atoms with van der Waals surface area (Å²) in [5.41, 5.74) is 6.74. The van der Waals surface area contributed by atoms with Crippen molar-refractivity contribution in [3.8, 4) is 5.69 Å². The van der Waals surface area contributed by atoms with E-state index in [9.17, 15) is 9.59 Å². The van der Waals surface area contributed by atoms with Crippen LogP contribution in [0, 0.1) is 27.7 Å². The molecule has 0 saturated heterocycles. The summed E-state index contributed by atoms with van der Waals surface area (Å²) in [6, 6.07) is 13.5. The summed E-state index contributed by atoms with van der Waals surface area (Å²) >= 11 is 0. The molecule has 0 aliphatic carbocycles. The van der Waals surface area contributed by atoms with Crippen LogP contribution in [-0.2, 0) is 4.79 Å². The molecular weight excluding hydrogens is 376 g/mol. The van der Waals surface area contributed by atoms with Crippen LogP contribution in [0.15, 0.2) is 57.9 Å². The Kier molecular flexibility index (Phi) is 4.78. The van der Waals surface area contributed by atoms with Gasteiger partial charge in [-0.05, 0) is 81.7 Å². The van der Waals surface area contributed by atoms with Gasteiger partial charge in [-0.2, -0.15) is 10.1 Å². The van der Waals surface area contributed by atoms with Crippen LogP contribution in [0.1, 0.15) is 34.9 Å². The second kappa shape index (κ2) is 7.30. The second-order valence-corrected chi connectivity index (χ2v) is 7.76. The molecule has 0 saturated carbocycles. The van der Waals surface area contributed by atoms with Crippen molar-refractivity contribution in [2.45, 2.75) is 34.6 Å². The van der Waals surface area contributed by atoms with E-state index in [0.717, 1.165) is 22.4 Å². The molecule has 0 spiro atoms. The van der Waals surface area contributed by atoms with Crippen LogP contribution < -0.4 is 10.6 Å². The Morgan fingerprint density at radius 3 is 2.37 bits per heavy atom. The van der Waals surface area contributed by atoms with E-state index >= 15 is 0 Å². The van der Waals surface area contributed by atoms with Gasteiger partial charge in [0.1, 0.15) is 0 Å². The topological polar surface area (TPSA) is 70.5 Å². The maximum atomic E-state index is 13.1. The average molecular weight is 400 g/mol. The molecule has 1 amide bonds. The minimum absolute atomic E-state index is 0.196. The largest absolute Gasteiger partial charge is 0.295 e. The molecule has 2 heterocycles. The number of hydrazone groups is 1. The van der Waals surface area contributed by atoms with Crippen molar-refractivity contribution in [2.24, 2.45) is 5.10 Å². The summed E-state index contributed by atoms with van der Waals surface area (Å²) in [5, 5.41) is 8.93. The maximum Gasteiger partial charge on any atom is 0.280 e. The number of nitrogens with zero attached hydrogens (tertiary/aromatic N) is 3. The Morgan fingerprint density at radius 2 is 1.67 bits per heavy atom. The first kappa shape index (κ1) is 19.6. The van der Waals surface area contributed by atoms with E-state index in [1.54, 1.807) is 13.0 Å². The van der Waals surface area contributed by atoms with Crippen molar-refractivity contribution in [3.63, 3.8) is 0 Å². The quantitative estimate of drug-likeness (QED) is 0.669. The first-order valence-electron chi connectivity index (χ1n) is 9.84. The van der Waals surface area contributed by atoms with Gasteiger partial charge in [-0.15, -0.1) is 0 Å². The van der Waals surface area contributed by atoms with Gasteiger partial charge in [-0.25, -0.2) is 4.68 Å². The van der Waals surface area contributed by atoms with E-state index < -0.39 is 0 Å². The average Bonchev–Trinajstić information content (AvgIpc) is 3.15. The van der Waals surface area contributed by atoms with Gasteiger partial charge in [-0.1, -0.05) is 18.2 Å². The zero-order chi connectivity index (χ0) is 21.6. The zero-order valence-corrected chi connectivity index (χ0v) is 17.8. The zero-order valence-electron chi connectivity index (χ0n) is 17.8. The van der Waals surface area contributed by atoms with E-state index in [1.807, 2.05) is 70.2 Å². The number of carbonyl (C=O) groups excluding carboxylic acids is 1. The van der Waals surface area contributed by atoms with E-state index in [1.165, 1.54) is 9.69 Å². The highest BCUT2D eigenvalue weighted by atomic mass is 16.2. The van der Waals surface area contributed by atoms with Gasteiger partial charge in [0.25, 0.3) is 11.5 Å². The molecule has 6 heteroatoms. The highest BCUT2D eigenvalue weighted by Crippen LogP contribution is 2.25. The van der Waals surface area contributed by atoms with Crippen LogP contribution in [0.4, 0.5) is 5.69 Å². The van der Waals surface area contributed by atoms with Gasteiger partial charge in [-0.3, -0.25) is 14.7 Å². The van der Waals surface area contributed by atoms with Crippen LogP contribution >= 0.6 is 0 Å². The minimum atomic E-state index is -0.240. The molecule has 152 valence electrons. The van der Waals surface area contributed by atoms with Crippen molar-refractivity contribution < 1.29 is 4.79 Å². The first-order valence-corrected chi connectivity index (χ1v) is 9.84. The SMILES string of the molecule is CC1=NN(c2cccc(C)c2)C(=O)C1=Cc1c(C)[nH]n(-c2ccc(C)c(C)c2)c1=O. The van der Waals surface area contributed by atoms with E-state index in [4.69, 9.17) is 0 Å². The third-order valence-electron chi connectivity index (χ3n) is 5.46. The number of carbonyl (C=O) groups is 1. The van der Waals surface area contributed by atoms with Crippen LogP contribution in [-0.4, -0.2) is 21.4 Å². The number of benzene rings is 2. The number of aromatic nitrogens is 2. The Labute approximate surface area is 175 Å². The van der Waals surface area contributed by atoms with Gasteiger partial charge in [0.15, 0.2) is 0 Å². The highest BCUT2D eigenvalue weighted by Gasteiger charge is 2.29. The summed E-state index contributed by atoms with van der Waals surface area (Å²) < 4.78 is 1.51. The summed E-state index contributed by atoms with van der Waals surface area (Å²) in [7, 11) is 0. The van der Waals surface area contributed by atoms with Crippen molar-refractivity contribution in [1.82, 2.24) is 9.78 Å². The maximum absolute atomic E-state index is 13.1. The van der Waals surface area contributed by atoms with E-state index in [0.29, 0.717) is 28.2 Å². The molecule has 30 heavy (non-hydrogen) atoms. The molecule has 1 N–H and O–H groups in total. The smallest absolute Gasteiger partial charge is 0.280 e. The predicted molar refractivity (Wildman–Crippen MR) is 120 cm³/mol. The van der Waals surface area contributed by atoms with Crippen molar-refractivity contribution in [1.29, 1.82) is 0 Å². The van der Waals surface area contributed by atoms with Crippen molar-refractivity contribution in [2.75, 3.05) is 5.01 Å². The number of amides is 1. The highest BCUT2D eigenvalue weighted by molar-refractivity contribution is 6.32. The molecule has 6 nitrogen and oxygen atoms in total. The number of rotatable bonds is 3. The standard InChI is InChI=1S/C24H24N4O2/c1-14-7-6-8-19(11-14)27-23(29)21(17(4)25-27)13-22-18(5)26-28(24(22)30)20-10-9-15(2)16(3)12-20/h6-13,26H,1-5H3. The Bertz CT molecular complexity index is 1290. The predicted octanol–water partition coefficient (Wildman–Crippen LogP) is 4.21. The van der Waals surface area contributed by atoms with Crippen molar-refractivity contribution >= 4 is 23.4 Å². The number of anilines is 1. The molecule has 0 unspecified atom stereocenters.